The van der Waals surface area contributed by atoms with Crippen LogP contribution < -0.4 is 20.1 Å². The summed E-state index contributed by atoms with van der Waals surface area (Å²) in [5.74, 6) is -0.371. The molecule has 0 aromatic heterocycles. The predicted octanol–water partition coefficient (Wildman–Crippen LogP) is 1.56. The van der Waals surface area contributed by atoms with Crippen LogP contribution in [-0.4, -0.2) is 32.1 Å². The van der Waals surface area contributed by atoms with Gasteiger partial charge >= 0.3 is 11.8 Å². The molecule has 0 unspecified atom stereocenters. The van der Waals surface area contributed by atoms with E-state index >= 15 is 0 Å². The lowest BCUT2D eigenvalue weighted by Crippen LogP contribution is -2.40. The third kappa shape index (κ3) is 4.15. The monoisotopic (exact) mass is 280 g/mol. The van der Waals surface area contributed by atoms with Gasteiger partial charge in [-0.05, 0) is 25.5 Å². The minimum absolute atomic E-state index is 0.0500. The molecule has 0 fully saturated rings. The number of hydrogen-bond donors (Lipinski definition) is 2. The SMILES string of the molecule is CC[C@@H](C)NC(=O)C(=O)Nc1ccc(OC)cc1OC. The van der Waals surface area contributed by atoms with E-state index in [-0.39, 0.29) is 6.04 Å². The average molecular weight is 280 g/mol. The standard InChI is InChI=1S/C14H20N2O4/c1-5-9(2)15-13(17)14(18)16-11-7-6-10(19-3)8-12(11)20-4/h6-9H,5H2,1-4H3,(H,15,17)(H,16,18)/t9-/m1/s1. The van der Waals surface area contributed by atoms with Crippen molar-refractivity contribution in [2.24, 2.45) is 0 Å². The lowest BCUT2D eigenvalue weighted by atomic mass is 10.2. The first-order valence-electron chi connectivity index (χ1n) is 6.35. The minimum Gasteiger partial charge on any atom is -0.497 e. The van der Waals surface area contributed by atoms with Crippen molar-refractivity contribution in [2.45, 2.75) is 26.3 Å². The zero-order valence-electron chi connectivity index (χ0n) is 12.1. The van der Waals surface area contributed by atoms with Gasteiger partial charge in [-0.2, -0.15) is 0 Å². The molecule has 0 aliphatic heterocycles. The molecule has 0 bridgehead atoms. The van der Waals surface area contributed by atoms with Gasteiger partial charge in [0.25, 0.3) is 0 Å². The maximum absolute atomic E-state index is 11.8. The van der Waals surface area contributed by atoms with Crippen LogP contribution in [0.3, 0.4) is 0 Å². The molecule has 2 N–H and O–H groups in total. The van der Waals surface area contributed by atoms with Crippen molar-refractivity contribution >= 4 is 17.5 Å². The summed E-state index contributed by atoms with van der Waals surface area (Å²) in [5, 5.41) is 5.10. The fourth-order valence-corrected chi connectivity index (χ4v) is 1.47. The van der Waals surface area contributed by atoms with Crippen LogP contribution >= 0.6 is 0 Å². The van der Waals surface area contributed by atoms with E-state index in [0.717, 1.165) is 6.42 Å². The van der Waals surface area contributed by atoms with Crippen molar-refractivity contribution in [1.82, 2.24) is 5.32 Å². The van der Waals surface area contributed by atoms with E-state index in [1.165, 1.54) is 14.2 Å². The van der Waals surface area contributed by atoms with Gasteiger partial charge in [-0.3, -0.25) is 9.59 Å². The molecule has 110 valence electrons. The molecule has 0 aliphatic carbocycles. The highest BCUT2D eigenvalue weighted by atomic mass is 16.5. The van der Waals surface area contributed by atoms with Crippen LogP contribution in [0.5, 0.6) is 11.5 Å². The number of ether oxygens (including phenoxy) is 2. The van der Waals surface area contributed by atoms with Crippen molar-refractivity contribution in [1.29, 1.82) is 0 Å². The number of carbonyl (C=O) groups is 2. The fourth-order valence-electron chi connectivity index (χ4n) is 1.47. The van der Waals surface area contributed by atoms with Gasteiger partial charge in [0.1, 0.15) is 11.5 Å². The Labute approximate surface area is 118 Å². The van der Waals surface area contributed by atoms with E-state index in [4.69, 9.17) is 9.47 Å². The predicted molar refractivity (Wildman–Crippen MR) is 76.1 cm³/mol. The molecular formula is C14H20N2O4. The van der Waals surface area contributed by atoms with Crippen LogP contribution in [-0.2, 0) is 9.59 Å². The number of anilines is 1. The second kappa shape index (κ2) is 7.37. The largest absolute Gasteiger partial charge is 0.497 e. The fraction of sp³-hybridized carbons (Fsp3) is 0.429. The molecule has 0 aliphatic rings. The van der Waals surface area contributed by atoms with Crippen LogP contribution in [0, 0.1) is 0 Å². The second-order valence-electron chi connectivity index (χ2n) is 4.30. The van der Waals surface area contributed by atoms with Gasteiger partial charge in [0.05, 0.1) is 19.9 Å². The lowest BCUT2D eigenvalue weighted by Gasteiger charge is -2.13. The summed E-state index contributed by atoms with van der Waals surface area (Å²) in [6.45, 7) is 3.76. The van der Waals surface area contributed by atoms with Gasteiger partial charge in [-0.15, -0.1) is 0 Å². The number of benzene rings is 1. The van der Waals surface area contributed by atoms with Crippen molar-refractivity contribution in [3.8, 4) is 11.5 Å². The first-order chi connectivity index (χ1) is 9.51. The van der Waals surface area contributed by atoms with Crippen molar-refractivity contribution in [3.05, 3.63) is 18.2 Å². The van der Waals surface area contributed by atoms with Gasteiger partial charge in [0.15, 0.2) is 0 Å². The number of amides is 2. The molecule has 1 aromatic rings. The molecule has 1 atom stereocenters. The summed E-state index contributed by atoms with van der Waals surface area (Å²) in [5.41, 5.74) is 0.414. The maximum Gasteiger partial charge on any atom is 0.313 e. The van der Waals surface area contributed by atoms with Gasteiger partial charge in [-0.25, -0.2) is 0 Å². The average Bonchev–Trinajstić information content (AvgIpc) is 2.47. The zero-order valence-corrected chi connectivity index (χ0v) is 12.1. The summed E-state index contributed by atoms with van der Waals surface area (Å²) < 4.78 is 10.2. The molecule has 1 rings (SSSR count). The van der Waals surface area contributed by atoms with Crippen LogP contribution in [0.4, 0.5) is 5.69 Å². The Morgan fingerprint density at radius 1 is 1.20 bits per heavy atom. The van der Waals surface area contributed by atoms with Gasteiger partial charge < -0.3 is 20.1 Å². The van der Waals surface area contributed by atoms with Crippen LogP contribution in [0.25, 0.3) is 0 Å². The minimum atomic E-state index is -0.728. The molecule has 0 saturated carbocycles. The highest BCUT2D eigenvalue weighted by Crippen LogP contribution is 2.28. The summed E-state index contributed by atoms with van der Waals surface area (Å²) in [4.78, 5) is 23.4. The molecule has 0 radical (unpaired) electrons. The number of hydrogen-bond acceptors (Lipinski definition) is 4. The van der Waals surface area contributed by atoms with Crippen LogP contribution in [0.1, 0.15) is 20.3 Å². The van der Waals surface area contributed by atoms with Crippen molar-refractivity contribution in [2.75, 3.05) is 19.5 Å². The van der Waals surface area contributed by atoms with Gasteiger partial charge in [0.2, 0.25) is 0 Å². The molecular weight excluding hydrogens is 260 g/mol. The first kappa shape index (κ1) is 15.8. The zero-order chi connectivity index (χ0) is 15.1. The maximum atomic E-state index is 11.8. The Morgan fingerprint density at radius 2 is 1.90 bits per heavy atom. The molecule has 20 heavy (non-hydrogen) atoms. The Morgan fingerprint density at radius 3 is 2.45 bits per heavy atom. The summed E-state index contributed by atoms with van der Waals surface area (Å²) in [6, 6.07) is 4.87. The molecule has 6 heteroatoms. The molecule has 0 heterocycles. The van der Waals surface area contributed by atoms with E-state index in [1.54, 1.807) is 18.2 Å². The highest BCUT2D eigenvalue weighted by Gasteiger charge is 2.17. The number of carbonyl (C=O) groups excluding carboxylic acids is 2. The van der Waals surface area contributed by atoms with E-state index in [1.807, 2.05) is 13.8 Å². The summed E-state index contributed by atoms with van der Waals surface area (Å²) in [7, 11) is 3.01. The third-order valence-corrected chi connectivity index (χ3v) is 2.85. The summed E-state index contributed by atoms with van der Waals surface area (Å²) in [6.07, 6.45) is 0.755. The molecule has 6 nitrogen and oxygen atoms in total. The van der Waals surface area contributed by atoms with Crippen LogP contribution in [0.2, 0.25) is 0 Å². The van der Waals surface area contributed by atoms with Crippen molar-refractivity contribution < 1.29 is 19.1 Å². The van der Waals surface area contributed by atoms with E-state index in [0.29, 0.717) is 17.2 Å². The normalized spacial score (nSPS) is 11.4. The van der Waals surface area contributed by atoms with E-state index in [2.05, 4.69) is 10.6 Å². The van der Waals surface area contributed by atoms with E-state index < -0.39 is 11.8 Å². The second-order valence-corrected chi connectivity index (χ2v) is 4.30. The molecule has 2 amide bonds. The topological polar surface area (TPSA) is 76.7 Å². The molecule has 1 aromatic carbocycles. The Bertz CT molecular complexity index is 488. The Hall–Kier alpha value is -2.24. The van der Waals surface area contributed by atoms with Crippen molar-refractivity contribution in [3.63, 3.8) is 0 Å². The van der Waals surface area contributed by atoms with Crippen LogP contribution in [0.15, 0.2) is 18.2 Å². The number of nitrogens with one attached hydrogen (secondary N) is 2. The van der Waals surface area contributed by atoms with Gasteiger partial charge in [0, 0.05) is 12.1 Å². The number of rotatable bonds is 5. The lowest BCUT2D eigenvalue weighted by molar-refractivity contribution is -0.136. The van der Waals surface area contributed by atoms with E-state index in [9.17, 15) is 9.59 Å². The Kier molecular flexibility index (Phi) is 5.83. The number of methoxy groups -OCH3 is 2. The highest BCUT2D eigenvalue weighted by molar-refractivity contribution is 6.39. The Balaban J connectivity index is 2.77. The third-order valence-electron chi connectivity index (χ3n) is 2.85. The first-order valence-corrected chi connectivity index (χ1v) is 6.35. The quantitative estimate of drug-likeness (QED) is 0.802. The molecule has 0 saturated heterocycles. The smallest absolute Gasteiger partial charge is 0.313 e. The molecule has 0 spiro atoms. The summed E-state index contributed by atoms with van der Waals surface area (Å²) >= 11 is 0. The van der Waals surface area contributed by atoms with Gasteiger partial charge in [-0.1, -0.05) is 6.92 Å².